The van der Waals surface area contributed by atoms with Crippen molar-refractivity contribution in [1.29, 1.82) is 5.26 Å². The number of nitrogens with zero attached hydrogens (tertiary/aromatic N) is 6. The van der Waals surface area contributed by atoms with Crippen LogP contribution in [0.3, 0.4) is 0 Å². The van der Waals surface area contributed by atoms with E-state index in [4.69, 9.17) is 5.26 Å². The first-order valence-corrected chi connectivity index (χ1v) is 10.5. The summed E-state index contributed by atoms with van der Waals surface area (Å²) in [4.78, 5) is 23.7. The second-order valence-electron chi connectivity index (χ2n) is 7.58. The summed E-state index contributed by atoms with van der Waals surface area (Å²) < 4.78 is 0. The summed E-state index contributed by atoms with van der Waals surface area (Å²) in [6.07, 6.45) is 12.8. The Bertz CT molecular complexity index is 987. The lowest BCUT2D eigenvalue weighted by Gasteiger charge is -2.23. The number of anilines is 2. The maximum absolute atomic E-state index is 8.84. The monoisotopic (exact) mass is 402 g/mol. The predicted octanol–water partition coefficient (Wildman–Crippen LogP) is 3.89. The quantitative estimate of drug-likeness (QED) is 0.589. The van der Waals surface area contributed by atoms with Crippen LogP contribution >= 0.6 is 0 Å². The molecule has 0 amide bonds. The molecule has 0 aliphatic carbocycles. The number of hydrogen-bond donors (Lipinski definition) is 2. The van der Waals surface area contributed by atoms with Crippen molar-refractivity contribution < 1.29 is 0 Å². The zero-order valence-corrected chi connectivity index (χ0v) is 17.2. The molecule has 4 rings (SSSR count). The van der Waals surface area contributed by atoms with E-state index in [-0.39, 0.29) is 6.04 Å². The number of H-pyrrole nitrogens is 1. The van der Waals surface area contributed by atoms with Gasteiger partial charge in [0.2, 0.25) is 0 Å². The van der Waals surface area contributed by atoms with Crippen LogP contribution in [0.2, 0.25) is 0 Å². The molecule has 0 bridgehead atoms. The molecule has 0 unspecified atom stereocenters. The molecule has 1 saturated heterocycles. The van der Waals surface area contributed by atoms with Gasteiger partial charge in [0.05, 0.1) is 36.0 Å². The summed E-state index contributed by atoms with van der Waals surface area (Å²) in [5, 5.41) is 12.0. The number of rotatable bonds is 8. The van der Waals surface area contributed by atoms with Gasteiger partial charge >= 0.3 is 0 Å². The van der Waals surface area contributed by atoms with Gasteiger partial charge in [-0.2, -0.15) is 5.26 Å². The van der Waals surface area contributed by atoms with Crippen molar-refractivity contribution in [3.05, 3.63) is 59.8 Å². The maximum atomic E-state index is 8.84. The number of hydrogen-bond acceptors (Lipinski definition) is 7. The molecule has 0 spiro atoms. The van der Waals surface area contributed by atoms with E-state index in [9.17, 15) is 0 Å². The molecule has 2 N–H and O–H groups in total. The van der Waals surface area contributed by atoms with E-state index >= 15 is 0 Å². The second-order valence-corrected chi connectivity index (χ2v) is 7.58. The zero-order chi connectivity index (χ0) is 20.8. The highest BCUT2D eigenvalue weighted by Gasteiger charge is 2.27. The van der Waals surface area contributed by atoms with Crippen LogP contribution in [-0.4, -0.2) is 36.4 Å². The molecule has 1 aliphatic rings. The predicted molar refractivity (Wildman–Crippen MR) is 114 cm³/mol. The normalized spacial score (nSPS) is 16.5. The number of aryl methyl sites for hydroxylation is 1. The van der Waals surface area contributed by atoms with Crippen molar-refractivity contribution in [2.24, 2.45) is 0 Å². The van der Waals surface area contributed by atoms with Gasteiger partial charge in [-0.05, 0) is 37.9 Å². The summed E-state index contributed by atoms with van der Waals surface area (Å²) in [6, 6.07) is 5.75. The first kappa shape index (κ1) is 20.0. The highest BCUT2D eigenvalue weighted by Crippen LogP contribution is 2.32. The smallest absolute Gasteiger partial charge is 0.148 e. The number of nitrogens with one attached hydrogen (secondary N) is 2. The number of aromatic nitrogens is 5. The second kappa shape index (κ2) is 9.46. The topological polar surface area (TPSA) is 106 Å². The van der Waals surface area contributed by atoms with E-state index < -0.39 is 0 Å². The molecular weight excluding hydrogens is 376 g/mol. The van der Waals surface area contributed by atoms with E-state index in [0.717, 1.165) is 61.7 Å². The van der Waals surface area contributed by atoms with Crippen LogP contribution in [0, 0.1) is 11.3 Å². The fourth-order valence-electron chi connectivity index (χ4n) is 3.78. The first-order valence-electron chi connectivity index (χ1n) is 10.5. The van der Waals surface area contributed by atoms with Crippen molar-refractivity contribution >= 4 is 11.5 Å². The molecule has 3 aromatic heterocycles. The molecule has 1 atom stereocenters. The Kier molecular flexibility index (Phi) is 6.30. The first-order chi connectivity index (χ1) is 14.7. The van der Waals surface area contributed by atoms with Gasteiger partial charge in [-0.1, -0.05) is 13.3 Å². The summed E-state index contributed by atoms with van der Waals surface area (Å²) in [5.74, 6) is 1.74. The van der Waals surface area contributed by atoms with E-state index in [1.807, 2.05) is 18.5 Å². The van der Waals surface area contributed by atoms with Crippen molar-refractivity contribution in [2.45, 2.75) is 51.6 Å². The van der Waals surface area contributed by atoms with Gasteiger partial charge in [0.15, 0.2) is 0 Å². The van der Waals surface area contributed by atoms with Gasteiger partial charge in [-0.3, -0.25) is 9.88 Å². The van der Waals surface area contributed by atoms with Gasteiger partial charge in [0, 0.05) is 24.9 Å². The highest BCUT2D eigenvalue weighted by molar-refractivity contribution is 5.54. The molecule has 4 heterocycles. The molecular formula is C22H26N8. The number of nitriles is 1. The van der Waals surface area contributed by atoms with Crippen molar-refractivity contribution in [2.75, 3.05) is 11.9 Å². The molecule has 3 aromatic rings. The SMILES string of the molecule is CCCCc1ncc(CN2CCC[C@H]2c2cnc(Nc3ccc(C#N)nc3)cn2)[nH]1. The fourth-order valence-corrected chi connectivity index (χ4v) is 3.78. The molecule has 0 radical (unpaired) electrons. The summed E-state index contributed by atoms with van der Waals surface area (Å²) >= 11 is 0. The third-order valence-electron chi connectivity index (χ3n) is 5.35. The number of likely N-dealkylation sites (tertiary alicyclic amines) is 1. The van der Waals surface area contributed by atoms with Crippen LogP contribution in [0.4, 0.5) is 11.5 Å². The standard InChI is InChI=1S/C22H26N8/c1-2-3-6-21-26-12-18(29-21)15-30-9-4-5-20(30)19-13-27-22(14-25-19)28-17-8-7-16(10-23)24-11-17/h7-8,11-14,20H,2-6,9,15H2,1H3,(H,26,29)(H,27,28)/t20-/m0/s1. The Morgan fingerprint density at radius 3 is 2.83 bits per heavy atom. The zero-order valence-electron chi connectivity index (χ0n) is 17.2. The Morgan fingerprint density at radius 2 is 2.10 bits per heavy atom. The van der Waals surface area contributed by atoms with Gasteiger partial charge < -0.3 is 10.3 Å². The minimum absolute atomic E-state index is 0.269. The molecule has 0 aromatic carbocycles. The number of pyridine rings is 1. The minimum atomic E-state index is 0.269. The van der Waals surface area contributed by atoms with E-state index in [1.165, 1.54) is 6.42 Å². The van der Waals surface area contributed by atoms with Crippen LogP contribution in [0.15, 0.2) is 36.9 Å². The molecule has 1 aliphatic heterocycles. The fraction of sp³-hybridized carbons (Fsp3) is 0.409. The summed E-state index contributed by atoms with van der Waals surface area (Å²) in [7, 11) is 0. The molecule has 8 nitrogen and oxygen atoms in total. The number of aromatic amines is 1. The average molecular weight is 403 g/mol. The third-order valence-corrected chi connectivity index (χ3v) is 5.35. The largest absolute Gasteiger partial charge is 0.345 e. The Morgan fingerprint density at radius 1 is 1.17 bits per heavy atom. The van der Waals surface area contributed by atoms with Crippen LogP contribution in [-0.2, 0) is 13.0 Å². The van der Waals surface area contributed by atoms with Crippen molar-refractivity contribution in [3.63, 3.8) is 0 Å². The van der Waals surface area contributed by atoms with E-state index in [2.05, 4.69) is 42.1 Å². The maximum Gasteiger partial charge on any atom is 0.148 e. The number of imidazole rings is 1. The van der Waals surface area contributed by atoms with Gasteiger partial charge in [-0.15, -0.1) is 0 Å². The Hall–Kier alpha value is -3.31. The molecule has 1 fully saturated rings. The van der Waals surface area contributed by atoms with Crippen LogP contribution in [0.1, 0.15) is 61.6 Å². The average Bonchev–Trinajstić information content (AvgIpc) is 3.43. The molecule has 8 heteroatoms. The lowest BCUT2D eigenvalue weighted by Crippen LogP contribution is -2.23. The summed E-state index contributed by atoms with van der Waals surface area (Å²) in [5.41, 5.74) is 3.31. The Balaban J connectivity index is 1.38. The van der Waals surface area contributed by atoms with E-state index in [1.54, 1.807) is 24.5 Å². The Labute approximate surface area is 176 Å². The van der Waals surface area contributed by atoms with Crippen LogP contribution in [0.5, 0.6) is 0 Å². The minimum Gasteiger partial charge on any atom is -0.345 e. The number of unbranched alkanes of at least 4 members (excludes halogenated alkanes) is 1. The molecule has 154 valence electrons. The molecule has 0 saturated carbocycles. The lowest BCUT2D eigenvalue weighted by molar-refractivity contribution is 0.241. The van der Waals surface area contributed by atoms with Crippen molar-refractivity contribution in [3.8, 4) is 6.07 Å². The summed E-state index contributed by atoms with van der Waals surface area (Å²) in [6.45, 7) is 4.09. The molecule has 30 heavy (non-hydrogen) atoms. The highest BCUT2D eigenvalue weighted by atomic mass is 15.2. The van der Waals surface area contributed by atoms with Crippen LogP contribution < -0.4 is 5.32 Å². The van der Waals surface area contributed by atoms with Gasteiger partial charge in [0.1, 0.15) is 23.4 Å². The van der Waals surface area contributed by atoms with Gasteiger partial charge in [0.25, 0.3) is 0 Å². The lowest BCUT2D eigenvalue weighted by atomic mass is 10.1. The van der Waals surface area contributed by atoms with Gasteiger partial charge in [-0.25, -0.2) is 15.0 Å². The van der Waals surface area contributed by atoms with E-state index in [0.29, 0.717) is 11.5 Å². The van der Waals surface area contributed by atoms with Crippen molar-refractivity contribution in [1.82, 2.24) is 29.8 Å². The van der Waals surface area contributed by atoms with Crippen LogP contribution in [0.25, 0.3) is 0 Å². The third kappa shape index (κ3) is 4.81.